The van der Waals surface area contributed by atoms with Gasteiger partial charge in [-0.3, -0.25) is 4.79 Å². The number of benzene rings is 1. The van der Waals surface area contributed by atoms with Crippen LogP contribution in [0, 0.1) is 13.8 Å². The van der Waals surface area contributed by atoms with Crippen LogP contribution in [0.4, 0.5) is 0 Å². The molecule has 0 saturated heterocycles. The number of aryl methyl sites for hydroxylation is 2. The summed E-state index contributed by atoms with van der Waals surface area (Å²) in [6.45, 7) is 4.31. The van der Waals surface area contributed by atoms with E-state index in [0.29, 0.717) is 6.54 Å². The lowest BCUT2D eigenvalue weighted by Gasteiger charge is -2.22. The first-order chi connectivity index (χ1) is 11.2. The minimum absolute atomic E-state index is 0.179. The molecule has 0 spiro atoms. The zero-order valence-electron chi connectivity index (χ0n) is 14.3. The summed E-state index contributed by atoms with van der Waals surface area (Å²) in [7, 11) is -0.490. The number of likely N-dealkylation sites (N-methyl/N-ethyl adjacent to an activating group) is 2. The Morgan fingerprint density at radius 3 is 2.46 bits per heavy atom. The van der Waals surface area contributed by atoms with E-state index in [-0.39, 0.29) is 16.7 Å². The zero-order valence-corrected chi connectivity index (χ0v) is 15.9. The van der Waals surface area contributed by atoms with Gasteiger partial charge in [0.15, 0.2) is 0 Å². The van der Waals surface area contributed by atoms with Crippen LogP contribution >= 0.6 is 11.3 Å². The zero-order chi connectivity index (χ0) is 17.9. The number of thiophene rings is 1. The van der Waals surface area contributed by atoms with Gasteiger partial charge >= 0.3 is 0 Å². The van der Waals surface area contributed by atoms with Crippen molar-refractivity contribution in [2.75, 3.05) is 20.6 Å². The number of nitrogens with zero attached hydrogens (tertiary/aromatic N) is 2. The molecule has 0 saturated carbocycles. The van der Waals surface area contributed by atoms with Crippen molar-refractivity contribution in [1.82, 2.24) is 9.21 Å². The van der Waals surface area contributed by atoms with Gasteiger partial charge in [-0.25, -0.2) is 8.42 Å². The van der Waals surface area contributed by atoms with E-state index < -0.39 is 10.0 Å². The van der Waals surface area contributed by atoms with Crippen LogP contribution < -0.4 is 0 Å². The van der Waals surface area contributed by atoms with Crippen molar-refractivity contribution in [2.45, 2.75) is 24.6 Å². The molecular formula is C17H22N2O3S2. The fourth-order valence-electron chi connectivity index (χ4n) is 2.33. The van der Waals surface area contributed by atoms with Gasteiger partial charge < -0.3 is 4.90 Å². The maximum Gasteiger partial charge on any atom is 0.252 e. The van der Waals surface area contributed by atoms with Crippen LogP contribution in [0.25, 0.3) is 0 Å². The van der Waals surface area contributed by atoms with E-state index in [2.05, 4.69) is 6.07 Å². The van der Waals surface area contributed by atoms with Crippen molar-refractivity contribution in [1.29, 1.82) is 0 Å². The molecule has 0 unspecified atom stereocenters. The summed E-state index contributed by atoms with van der Waals surface area (Å²) in [6.07, 6.45) is 0. The molecule has 0 aliphatic rings. The lowest BCUT2D eigenvalue weighted by atomic mass is 10.1. The van der Waals surface area contributed by atoms with Gasteiger partial charge in [0.1, 0.15) is 4.21 Å². The van der Waals surface area contributed by atoms with Crippen molar-refractivity contribution in [2.24, 2.45) is 0 Å². The van der Waals surface area contributed by atoms with Crippen LogP contribution in [-0.2, 0) is 21.4 Å². The van der Waals surface area contributed by atoms with Crippen LogP contribution in [0.3, 0.4) is 0 Å². The van der Waals surface area contributed by atoms with Crippen LogP contribution in [0.5, 0.6) is 0 Å². The standard InChI is InChI=1S/C17H22N2O3S2/c1-13-7-8-15(14(2)10-13)11-18(3)16(20)12-19(4)24(21,22)17-6-5-9-23-17/h5-10H,11-12H2,1-4H3. The Morgan fingerprint density at radius 2 is 1.88 bits per heavy atom. The molecule has 7 heteroatoms. The van der Waals surface area contributed by atoms with Gasteiger partial charge in [0.05, 0.1) is 6.54 Å². The molecule has 1 amide bonds. The average Bonchev–Trinajstić information content (AvgIpc) is 3.04. The summed E-state index contributed by atoms with van der Waals surface area (Å²) < 4.78 is 26.1. The Labute approximate surface area is 147 Å². The van der Waals surface area contributed by atoms with Gasteiger partial charge in [-0.2, -0.15) is 4.31 Å². The SMILES string of the molecule is Cc1ccc(CN(C)C(=O)CN(C)S(=O)(=O)c2cccs2)c(C)c1. The predicted molar refractivity (Wildman–Crippen MR) is 96.5 cm³/mol. The average molecular weight is 367 g/mol. The largest absolute Gasteiger partial charge is 0.340 e. The van der Waals surface area contributed by atoms with Crippen molar-refractivity contribution in [3.63, 3.8) is 0 Å². The van der Waals surface area contributed by atoms with E-state index in [9.17, 15) is 13.2 Å². The summed E-state index contributed by atoms with van der Waals surface area (Å²) in [4.78, 5) is 13.9. The first-order valence-electron chi connectivity index (χ1n) is 7.51. The molecule has 5 nitrogen and oxygen atoms in total. The monoisotopic (exact) mass is 366 g/mol. The number of amides is 1. The molecule has 0 bridgehead atoms. The predicted octanol–water partition coefficient (Wildman–Crippen LogP) is 2.64. The Bertz CT molecular complexity index is 814. The first kappa shape index (κ1) is 18.6. The maximum absolute atomic E-state index is 12.4. The highest BCUT2D eigenvalue weighted by atomic mass is 32.2. The van der Waals surface area contributed by atoms with E-state index >= 15 is 0 Å². The van der Waals surface area contributed by atoms with Crippen LogP contribution in [0.2, 0.25) is 0 Å². The number of hydrogen-bond acceptors (Lipinski definition) is 4. The molecule has 2 aromatic rings. The van der Waals surface area contributed by atoms with E-state index in [4.69, 9.17) is 0 Å². The second kappa shape index (κ2) is 7.46. The number of sulfonamides is 1. The lowest BCUT2D eigenvalue weighted by Crippen LogP contribution is -2.39. The number of rotatable bonds is 6. The Morgan fingerprint density at radius 1 is 1.17 bits per heavy atom. The summed E-state index contributed by atoms with van der Waals surface area (Å²) in [5.74, 6) is -0.238. The van der Waals surface area contributed by atoms with Crippen molar-refractivity contribution in [3.8, 4) is 0 Å². The lowest BCUT2D eigenvalue weighted by molar-refractivity contribution is -0.130. The third-order valence-corrected chi connectivity index (χ3v) is 7.03. The summed E-state index contributed by atoms with van der Waals surface area (Å²) in [5, 5.41) is 1.70. The summed E-state index contributed by atoms with van der Waals surface area (Å²) >= 11 is 1.15. The third kappa shape index (κ3) is 4.23. The molecule has 2 rings (SSSR count). The van der Waals surface area contributed by atoms with Crippen LogP contribution in [-0.4, -0.2) is 44.2 Å². The molecule has 130 valence electrons. The number of carbonyl (C=O) groups is 1. The normalized spacial score (nSPS) is 11.7. The van der Waals surface area contributed by atoms with E-state index in [1.54, 1.807) is 29.5 Å². The molecular weight excluding hydrogens is 344 g/mol. The van der Waals surface area contributed by atoms with Crippen LogP contribution in [0.15, 0.2) is 39.9 Å². The van der Waals surface area contributed by atoms with Gasteiger partial charge in [0.2, 0.25) is 5.91 Å². The maximum atomic E-state index is 12.4. The summed E-state index contributed by atoms with van der Waals surface area (Å²) in [6, 6.07) is 9.30. The second-order valence-electron chi connectivity index (χ2n) is 5.87. The fourth-order valence-corrected chi connectivity index (χ4v) is 4.65. The third-order valence-electron chi connectivity index (χ3n) is 3.85. The quantitative estimate of drug-likeness (QED) is 0.790. The number of hydrogen-bond donors (Lipinski definition) is 0. The molecule has 0 N–H and O–H groups in total. The molecule has 0 atom stereocenters. The highest BCUT2D eigenvalue weighted by Gasteiger charge is 2.25. The molecule has 0 aliphatic carbocycles. The number of carbonyl (C=O) groups excluding carboxylic acids is 1. The molecule has 24 heavy (non-hydrogen) atoms. The highest BCUT2D eigenvalue weighted by Crippen LogP contribution is 2.20. The first-order valence-corrected chi connectivity index (χ1v) is 9.83. The molecule has 1 aromatic heterocycles. The van der Waals surface area contributed by atoms with Gasteiger partial charge in [-0.1, -0.05) is 29.8 Å². The van der Waals surface area contributed by atoms with Gasteiger partial charge in [0, 0.05) is 20.6 Å². The van der Waals surface area contributed by atoms with Crippen molar-refractivity contribution >= 4 is 27.3 Å². The van der Waals surface area contributed by atoms with Gasteiger partial charge in [-0.15, -0.1) is 11.3 Å². The minimum Gasteiger partial charge on any atom is -0.340 e. The Kier molecular flexibility index (Phi) is 5.79. The summed E-state index contributed by atoms with van der Waals surface area (Å²) in [5.41, 5.74) is 3.35. The molecule has 0 aliphatic heterocycles. The van der Waals surface area contributed by atoms with E-state index in [1.807, 2.05) is 26.0 Å². The topological polar surface area (TPSA) is 57.7 Å². The smallest absolute Gasteiger partial charge is 0.252 e. The minimum atomic E-state index is -3.61. The van der Waals surface area contributed by atoms with Crippen LogP contribution in [0.1, 0.15) is 16.7 Å². The van der Waals surface area contributed by atoms with Gasteiger partial charge in [0.25, 0.3) is 10.0 Å². The van der Waals surface area contributed by atoms with E-state index in [0.717, 1.165) is 26.8 Å². The highest BCUT2D eigenvalue weighted by molar-refractivity contribution is 7.91. The fraction of sp³-hybridized carbons (Fsp3) is 0.353. The Balaban J connectivity index is 2.03. The molecule has 1 heterocycles. The van der Waals surface area contributed by atoms with Crippen molar-refractivity contribution in [3.05, 3.63) is 52.4 Å². The van der Waals surface area contributed by atoms with Crippen molar-refractivity contribution < 1.29 is 13.2 Å². The Hall–Kier alpha value is -1.70. The molecule has 0 radical (unpaired) electrons. The molecule has 0 fully saturated rings. The van der Waals surface area contributed by atoms with Gasteiger partial charge in [-0.05, 0) is 36.4 Å². The van der Waals surface area contributed by atoms with E-state index in [1.165, 1.54) is 12.6 Å². The second-order valence-corrected chi connectivity index (χ2v) is 9.09. The molecule has 1 aromatic carbocycles.